The zero-order valence-corrected chi connectivity index (χ0v) is 17.5. The van der Waals surface area contributed by atoms with Crippen LogP contribution in [-0.2, 0) is 9.59 Å². The summed E-state index contributed by atoms with van der Waals surface area (Å²) in [4.78, 5) is 28.6. The van der Waals surface area contributed by atoms with Crippen LogP contribution in [-0.4, -0.2) is 24.4 Å². The van der Waals surface area contributed by atoms with Crippen molar-refractivity contribution in [1.82, 2.24) is 5.32 Å². The van der Waals surface area contributed by atoms with Crippen molar-refractivity contribution in [2.45, 2.75) is 38.3 Å². The predicted molar refractivity (Wildman–Crippen MR) is 115 cm³/mol. The van der Waals surface area contributed by atoms with Gasteiger partial charge in [0.25, 0.3) is 0 Å². The second-order valence-electron chi connectivity index (χ2n) is 7.62. The molecule has 2 aliphatic rings. The zero-order valence-electron chi connectivity index (χ0n) is 15.8. The van der Waals surface area contributed by atoms with Gasteiger partial charge in [-0.2, -0.15) is 0 Å². The molecule has 28 heavy (non-hydrogen) atoms. The molecule has 2 amide bonds. The first-order chi connectivity index (χ1) is 13.0. The van der Waals surface area contributed by atoms with Gasteiger partial charge in [0.2, 0.25) is 11.8 Å². The fourth-order valence-corrected chi connectivity index (χ4v) is 4.69. The summed E-state index contributed by atoms with van der Waals surface area (Å²) >= 11 is 1.59. The smallest absolute Gasteiger partial charge is 0.228 e. The standard InChI is InChI=1S/C21H25N3O2S.ClH/c1-13-4-8-15(9-5-13)24-19(25)11-16(20(24)18-3-2-10-27-18)21(26)23-12-17(22)14-6-7-14;/h2-5,8-10,14,16-17,20H,6-7,11-12,22H2,1H3,(H,23,26);1H. The maximum Gasteiger partial charge on any atom is 0.228 e. The summed E-state index contributed by atoms with van der Waals surface area (Å²) in [6.45, 7) is 2.50. The lowest BCUT2D eigenvalue weighted by molar-refractivity contribution is -0.126. The van der Waals surface area contributed by atoms with Gasteiger partial charge in [-0.25, -0.2) is 0 Å². The minimum atomic E-state index is -0.399. The molecule has 3 atom stereocenters. The van der Waals surface area contributed by atoms with Crippen LogP contribution in [0.4, 0.5) is 5.69 Å². The second-order valence-corrected chi connectivity index (χ2v) is 8.60. The van der Waals surface area contributed by atoms with E-state index in [9.17, 15) is 9.59 Å². The summed E-state index contributed by atoms with van der Waals surface area (Å²) in [5, 5.41) is 4.99. The molecule has 0 radical (unpaired) electrons. The van der Waals surface area contributed by atoms with Crippen LogP contribution in [0.2, 0.25) is 0 Å². The average Bonchev–Trinajstić information content (AvgIpc) is 3.26. The first-order valence-corrected chi connectivity index (χ1v) is 10.4. The number of amides is 2. The number of rotatable bonds is 6. The molecule has 5 nitrogen and oxygen atoms in total. The van der Waals surface area contributed by atoms with Gasteiger partial charge in [0.1, 0.15) is 0 Å². The molecule has 1 aliphatic heterocycles. The van der Waals surface area contributed by atoms with E-state index >= 15 is 0 Å². The SMILES string of the molecule is Cc1ccc(N2C(=O)CC(C(=O)NCC(N)C3CC3)C2c2cccs2)cc1.Cl. The number of carbonyl (C=O) groups excluding carboxylic acids is 2. The van der Waals surface area contributed by atoms with Gasteiger partial charge in [0.05, 0.1) is 12.0 Å². The lowest BCUT2D eigenvalue weighted by Crippen LogP contribution is -2.42. The number of nitrogens with one attached hydrogen (secondary N) is 1. The summed E-state index contributed by atoms with van der Waals surface area (Å²) in [6.07, 6.45) is 2.52. The Morgan fingerprint density at radius 3 is 2.61 bits per heavy atom. The molecule has 1 aromatic heterocycles. The third kappa shape index (κ3) is 4.24. The number of aryl methyl sites for hydroxylation is 1. The molecular formula is C21H26ClN3O2S. The average molecular weight is 420 g/mol. The highest BCUT2D eigenvalue weighted by Gasteiger charge is 2.45. The molecular weight excluding hydrogens is 394 g/mol. The molecule has 1 aromatic carbocycles. The van der Waals surface area contributed by atoms with Crippen LogP contribution in [0, 0.1) is 18.8 Å². The number of hydrogen-bond acceptors (Lipinski definition) is 4. The Morgan fingerprint density at radius 2 is 2.00 bits per heavy atom. The van der Waals surface area contributed by atoms with Gasteiger partial charge in [-0.15, -0.1) is 23.7 Å². The summed E-state index contributed by atoms with van der Waals surface area (Å²) in [5.41, 5.74) is 8.11. The molecule has 1 saturated carbocycles. The second kappa shape index (κ2) is 8.64. The van der Waals surface area contributed by atoms with Gasteiger partial charge < -0.3 is 16.0 Å². The minimum absolute atomic E-state index is 0. The van der Waals surface area contributed by atoms with Crippen LogP contribution < -0.4 is 16.0 Å². The molecule has 2 aromatic rings. The van der Waals surface area contributed by atoms with Crippen molar-refractivity contribution >= 4 is 41.2 Å². The van der Waals surface area contributed by atoms with Crippen molar-refractivity contribution in [3.8, 4) is 0 Å². The third-order valence-corrected chi connectivity index (χ3v) is 6.49. The largest absolute Gasteiger partial charge is 0.354 e. The van der Waals surface area contributed by atoms with Gasteiger partial charge in [0, 0.05) is 29.6 Å². The number of carbonyl (C=O) groups is 2. The van der Waals surface area contributed by atoms with Crippen LogP contribution in [0.15, 0.2) is 41.8 Å². The lowest BCUT2D eigenvalue weighted by atomic mass is 9.97. The van der Waals surface area contributed by atoms with Crippen molar-refractivity contribution in [1.29, 1.82) is 0 Å². The topological polar surface area (TPSA) is 75.4 Å². The van der Waals surface area contributed by atoms with E-state index < -0.39 is 5.92 Å². The lowest BCUT2D eigenvalue weighted by Gasteiger charge is -2.27. The first-order valence-electron chi connectivity index (χ1n) is 9.50. The zero-order chi connectivity index (χ0) is 19.0. The predicted octanol–water partition coefficient (Wildman–Crippen LogP) is 3.43. The molecule has 2 heterocycles. The quantitative estimate of drug-likeness (QED) is 0.753. The number of nitrogens with zero attached hydrogens (tertiary/aromatic N) is 1. The molecule has 0 bridgehead atoms. The van der Waals surface area contributed by atoms with E-state index in [1.165, 1.54) is 0 Å². The molecule has 2 fully saturated rings. The minimum Gasteiger partial charge on any atom is -0.354 e. The Morgan fingerprint density at radius 1 is 1.29 bits per heavy atom. The van der Waals surface area contributed by atoms with Crippen LogP contribution in [0.3, 0.4) is 0 Å². The van der Waals surface area contributed by atoms with Crippen LogP contribution in [0.1, 0.15) is 35.7 Å². The van der Waals surface area contributed by atoms with Crippen LogP contribution in [0.25, 0.3) is 0 Å². The Labute approximate surface area is 175 Å². The molecule has 150 valence electrons. The van der Waals surface area contributed by atoms with Crippen molar-refractivity contribution in [2.75, 3.05) is 11.4 Å². The summed E-state index contributed by atoms with van der Waals surface area (Å²) in [5.74, 6) is 0.0490. The number of thiophene rings is 1. The summed E-state index contributed by atoms with van der Waals surface area (Å²) in [7, 11) is 0. The van der Waals surface area contributed by atoms with E-state index in [0.717, 1.165) is 29.0 Å². The van der Waals surface area contributed by atoms with E-state index in [2.05, 4.69) is 5.32 Å². The Balaban J connectivity index is 0.00000225. The Kier molecular flexibility index (Phi) is 6.43. The summed E-state index contributed by atoms with van der Waals surface area (Å²) < 4.78 is 0. The normalized spacial score (nSPS) is 22.6. The van der Waals surface area contributed by atoms with E-state index in [1.54, 1.807) is 16.2 Å². The van der Waals surface area contributed by atoms with Gasteiger partial charge in [-0.3, -0.25) is 9.59 Å². The summed E-state index contributed by atoms with van der Waals surface area (Å²) in [6, 6.07) is 11.6. The van der Waals surface area contributed by atoms with Crippen LogP contribution >= 0.6 is 23.7 Å². The van der Waals surface area contributed by atoms with E-state index in [0.29, 0.717) is 12.5 Å². The van der Waals surface area contributed by atoms with Gasteiger partial charge in [0.15, 0.2) is 0 Å². The number of benzene rings is 1. The molecule has 3 unspecified atom stereocenters. The monoisotopic (exact) mass is 419 g/mol. The van der Waals surface area contributed by atoms with E-state index in [-0.39, 0.29) is 42.7 Å². The molecule has 4 rings (SSSR count). The molecule has 7 heteroatoms. The number of anilines is 1. The first kappa shape index (κ1) is 20.8. The van der Waals surface area contributed by atoms with Gasteiger partial charge in [-0.05, 0) is 49.3 Å². The molecule has 3 N–H and O–H groups in total. The number of halogens is 1. The van der Waals surface area contributed by atoms with Crippen molar-refractivity contribution < 1.29 is 9.59 Å². The van der Waals surface area contributed by atoms with Crippen molar-refractivity contribution in [3.05, 3.63) is 52.2 Å². The number of hydrogen-bond donors (Lipinski definition) is 2. The molecule has 1 saturated heterocycles. The highest BCUT2D eigenvalue weighted by Crippen LogP contribution is 2.43. The Hall–Kier alpha value is -1.89. The van der Waals surface area contributed by atoms with Crippen molar-refractivity contribution in [2.24, 2.45) is 17.6 Å². The number of nitrogens with two attached hydrogens (primary N) is 1. The fraction of sp³-hybridized carbons (Fsp3) is 0.429. The molecule has 0 spiro atoms. The Bertz CT molecular complexity index is 821. The van der Waals surface area contributed by atoms with E-state index in [4.69, 9.17) is 5.73 Å². The van der Waals surface area contributed by atoms with Crippen molar-refractivity contribution in [3.63, 3.8) is 0 Å². The highest BCUT2D eigenvalue weighted by atomic mass is 35.5. The van der Waals surface area contributed by atoms with Gasteiger partial charge in [-0.1, -0.05) is 23.8 Å². The highest BCUT2D eigenvalue weighted by molar-refractivity contribution is 7.10. The maximum atomic E-state index is 12.9. The maximum absolute atomic E-state index is 12.9. The fourth-order valence-electron chi connectivity index (χ4n) is 3.80. The third-order valence-electron chi connectivity index (χ3n) is 5.55. The van der Waals surface area contributed by atoms with Gasteiger partial charge >= 0.3 is 0 Å². The van der Waals surface area contributed by atoms with E-state index in [1.807, 2.05) is 48.7 Å². The molecule has 1 aliphatic carbocycles. The van der Waals surface area contributed by atoms with Crippen LogP contribution in [0.5, 0.6) is 0 Å².